The van der Waals surface area contributed by atoms with E-state index in [1.807, 2.05) is 121 Å². The van der Waals surface area contributed by atoms with Gasteiger partial charge in [-0.2, -0.15) is 4.31 Å². The first-order valence-electron chi connectivity index (χ1n) is 22.0. The Morgan fingerprint density at radius 3 is 1.10 bits per heavy atom. The summed E-state index contributed by atoms with van der Waals surface area (Å²) in [5, 5.41) is 18.9. The fourth-order valence-corrected chi connectivity index (χ4v) is 11.6. The molecule has 0 radical (unpaired) electrons. The van der Waals surface area contributed by atoms with Crippen LogP contribution in [0.4, 0.5) is 5.69 Å². The normalized spacial score (nSPS) is 11.8. The molecule has 9 rings (SSSR count). The number of non-ortho nitro benzene ring substituents is 1. The van der Waals surface area contributed by atoms with Gasteiger partial charge in [-0.15, -0.1) is 0 Å². The minimum absolute atomic E-state index is 0.000232. The number of rotatable bonds is 19. The molecule has 0 aliphatic rings. The van der Waals surface area contributed by atoms with Crippen LogP contribution in [-0.4, -0.2) is 71.8 Å². The molecular weight excluding hydrogens is 1190 g/mol. The van der Waals surface area contributed by atoms with Crippen LogP contribution in [0, 0.1) is 10.1 Å². The van der Waals surface area contributed by atoms with Crippen molar-refractivity contribution in [2.75, 3.05) is 54.1 Å². The minimum Gasteiger partial charge on any atom is -0.492 e. The molecule has 0 aliphatic carbocycles. The molecule has 17 heteroatoms. The highest BCUT2D eigenvalue weighted by Crippen LogP contribution is 2.48. The monoisotopic (exact) mass is 1230 g/mol. The molecule has 0 saturated carbocycles. The van der Waals surface area contributed by atoms with E-state index in [4.69, 9.17) is 28.4 Å². The molecule has 0 unspecified atom stereocenters. The minimum atomic E-state index is -4.29. The van der Waals surface area contributed by atoms with Gasteiger partial charge in [-0.3, -0.25) is 10.1 Å². The van der Waals surface area contributed by atoms with Gasteiger partial charge in [0.05, 0.1) is 9.82 Å². The van der Waals surface area contributed by atoms with Gasteiger partial charge in [0.2, 0.25) is 10.0 Å². The first kappa shape index (κ1) is 50.3. The Morgan fingerprint density at radius 1 is 0.465 bits per heavy atom. The summed E-state index contributed by atoms with van der Waals surface area (Å²) in [6.45, 7) is -0.425. The van der Waals surface area contributed by atoms with Crippen molar-refractivity contribution < 1.29 is 41.8 Å². The number of sulfonamides is 1. The van der Waals surface area contributed by atoms with Gasteiger partial charge >= 0.3 is 0 Å². The number of methoxy groups -OCH3 is 2. The summed E-state index contributed by atoms with van der Waals surface area (Å²) in [5.41, 5.74) is 2.79. The molecule has 12 nitrogen and oxygen atoms in total. The Bertz CT molecular complexity index is 3410. The van der Waals surface area contributed by atoms with Gasteiger partial charge in [-0.1, -0.05) is 112 Å². The molecule has 0 N–H and O–H groups in total. The predicted octanol–water partition coefficient (Wildman–Crippen LogP) is 14.7. The van der Waals surface area contributed by atoms with Crippen LogP contribution < -0.4 is 18.9 Å². The molecule has 9 aromatic carbocycles. The van der Waals surface area contributed by atoms with E-state index in [0.717, 1.165) is 83.2 Å². The molecule has 9 aromatic rings. The van der Waals surface area contributed by atoms with Crippen molar-refractivity contribution in [2.24, 2.45) is 0 Å². The number of nitrogens with zero attached hydrogens (tertiary/aromatic N) is 2. The molecule has 0 spiro atoms. The van der Waals surface area contributed by atoms with Crippen LogP contribution in [-0.2, 0) is 19.5 Å². The Labute approximate surface area is 443 Å². The second kappa shape index (κ2) is 22.0. The van der Waals surface area contributed by atoms with Gasteiger partial charge in [0.1, 0.15) is 36.2 Å². The van der Waals surface area contributed by atoms with E-state index >= 15 is 0 Å². The summed E-state index contributed by atoms with van der Waals surface area (Å²) in [7, 11) is -1.18. The molecule has 0 amide bonds. The molecule has 0 bridgehead atoms. The molecule has 0 atom stereocenters. The number of hydrogen-bond acceptors (Lipinski definition) is 10. The lowest BCUT2D eigenvalue weighted by atomic mass is 9.92. The van der Waals surface area contributed by atoms with Crippen molar-refractivity contribution in [2.45, 2.75) is 4.90 Å². The van der Waals surface area contributed by atoms with E-state index in [-0.39, 0.29) is 50.5 Å². The highest BCUT2D eigenvalue weighted by atomic mass is 79.9. The first-order valence-corrected chi connectivity index (χ1v) is 26.6. The average molecular weight is 1230 g/mol. The van der Waals surface area contributed by atoms with E-state index in [9.17, 15) is 18.5 Å². The lowest BCUT2D eigenvalue weighted by molar-refractivity contribution is -0.384. The molecule has 0 aliphatic heterocycles. The van der Waals surface area contributed by atoms with Gasteiger partial charge in [-0.25, -0.2) is 8.42 Å². The third kappa shape index (κ3) is 10.8. The van der Waals surface area contributed by atoms with E-state index in [0.29, 0.717) is 23.0 Å². The van der Waals surface area contributed by atoms with Crippen molar-refractivity contribution in [3.05, 3.63) is 174 Å². The van der Waals surface area contributed by atoms with Crippen LogP contribution in [0.2, 0.25) is 0 Å². The van der Waals surface area contributed by atoms with Crippen molar-refractivity contribution in [3.63, 3.8) is 0 Å². The lowest BCUT2D eigenvalue weighted by Crippen LogP contribution is -2.37. The maximum absolute atomic E-state index is 14.7. The highest BCUT2D eigenvalue weighted by molar-refractivity contribution is 9.11. The summed E-state index contributed by atoms with van der Waals surface area (Å²) in [5.74, 6) is 2.11. The third-order valence-electron chi connectivity index (χ3n) is 11.8. The number of halogens is 4. The molecule has 0 fully saturated rings. The number of nitro benzene ring substituents is 1. The van der Waals surface area contributed by atoms with Crippen LogP contribution in [0.5, 0.6) is 23.0 Å². The van der Waals surface area contributed by atoms with Gasteiger partial charge in [0, 0.05) is 79.6 Å². The number of fused-ring (bicyclic) bond motifs is 4. The summed E-state index contributed by atoms with van der Waals surface area (Å²) in [4.78, 5) is 10.9. The van der Waals surface area contributed by atoms with Crippen LogP contribution in [0.25, 0.3) is 65.3 Å². The Morgan fingerprint density at radius 2 is 0.789 bits per heavy atom. The van der Waals surface area contributed by atoms with Crippen molar-refractivity contribution >= 4 is 123 Å². The summed E-state index contributed by atoms with van der Waals surface area (Å²) >= 11 is 14.5. The summed E-state index contributed by atoms with van der Waals surface area (Å²) in [6.07, 6.45) is 0. The van der Waals surface area contributed by atoms with Crippen molar-refractivity contribution in [1.29, 1.82) is 0 Å². The fourth-order valence-electron chi connectivity index (χ4n) is 8.64. The topological polar surface area (TPSA) is 136 Å². The predicted molar refractivity (Wildman–Crippen MR) is 292 cm³/mol. The number of ether oxygens (including phenoxy) is 6. The van der Waals surface area contributed by atoms with E-state index < -0.39 is 14.9 Å². The average Bonchev–Trinajstić information content (AvgIpc) is 3.36. The van der Waals surface area contributed by atoms with Crippen molar-refractivity contribution in [1.82, 2.24) is 4.31 Å². The lowest BCUT2D eigenvalue weighted by Gasteiger charge is -2.24. The number of benzene rings is 9. The maximum atomic E-state index is 14.7. The summed E-state index contributed by atoms with van der Waals surface area (Å²) < 4.78 is 70.8. The molecule has 71 heavy (non-hydrogen) atoms. The quantitative estimate of drug-likeness (QED) is 0.0437. The molecule has 0 saturated heterocycles. The molecule has 0 heterocycles. The number of hydrogen-bond donors (Lipinski definition) is 0. The SMILES string of the molecule is COCOc1ccc2cc(Br)ccc2c1-c1c(OCCN(CCOc2ccc3cc(Br)ccc3c2-c2c(OCOC)ccc3cc(Br)ccc23)S(=O)(=O)c2ccc([N+](=O)[O-])cc2)ccc2cc(Br)ccc12. The standard InChI is InChI=1S/C54H42Br4N2O10S/c1-65-31-69-49-21-5-35-29-39(57)9-17-45(35)53(49)51-43-15-7-37(55)27-33(43)3-19-47(51)67-25-23-59(71(63,64)42-13-11-41(12-14-42)60(61)62)24-26-68-48-20-4-34-28-38(56)8-16-44(34)52(48)54-46-18-10-40(58)30-36(46)6-22-50(54)70-32-66-2/h3-22,27-30H,23-26,31-32H2,1-2H3. The smallest absolute Gasteiger partial charge is 0.269 e. The largest absolute Gasteiger partial charge is 0.492 e. The zero-order valence-corrected chi connectivity index (χ0v) is 45.2. The van der Waals surface area contributed by atoms with E-state index in [2.05, 4.69) is 63.7 Å². The Kier molecular flexibility index (Phi) is 15.6. The third-order valence-corrected chi connectivity index (χ3v) is 15.7. The molecular formula is C54H42Br4N2O10S. The van der Waals surface area contributed by atoms with Gasteiger partial charge < -0.3 is 28.4 Å². The molecule has 362 valence electrons. The zero-order valence-electron chi connectivity index (χ0n) is 38.0. The highest BCUT2D eigenvalue weighted by Gasteiger charge is 2.28. The van der Waals surface area contributed by atoms with Crippen LogP contribution in [0.3, 0.4) is 0 Å². The maximum Gasteiger partial charge on any atom is 0.269 e. The van der Waals surface area contributed by atoms with Crippen LogP contribution in [0.15, 0.2) is 168 Å². The van der Waals surface area contributed by atoms with Crippen LogP contribution in [0.1, 0.15) is 0 Å². The zero-order chi connectivity index (χ0) is 49.8. The van der Waals surface area contributed by atoms with Gasteiger partial charge in [0.25, 0.3) is 5.69 Å². The second-order valence-corrected chi connectivity index (χ2v) is 21.8. The van der Waals surface area contributed by atoms with Gasteiger partial charge in [0.15, 0.2) is 13.6 Å². The molecule has 0 aromatic heterocycles. The van der Waals surface area contributed by atoms with E-state index in [1.54, 1.807) is 14.2 Å². The van der Waals surface area contributed by atoms with Gasteiger partial charge in [-0.05, 0) is 128 Å². The van der Waals surface area contributed by atoms with E-state index in [1.165, 1.54) is 28.6 Å². The Hall–Kier alpha value is -5.63. The number of nitro groups is 1. The first-order chi connectivity index (χ1) is 34.3. The van der Waals surface area contributed by atoms with Crippen molar-refractivity contribution in [3.8, 4) is 45.3 Å². The summed E-state index contributed by atoms with van der Waals surface area (Å²) in [6, 6.07) is 44.2. The van der Waals surface area contributed by atoms with Crippen LogP contribution >= 0.6 is 63.7 Å². The Balaban J connectivity index is 1.10. The second-order valence-electron chi connectivity index (χ2n) is 16.2. The fraction of sp³-hybridized carbons (Fsp3) is 0.148.